The van der Waals surface area contributed by atoms with Gasteiger partial charge in [-0.25, -0.2) is 5.43 Å². The highest BCUT2D eigenvalue weighted by atomic mass is 15.4. The summed E-state index contributed by atoms with van der Waals surface area (Å²) in [5.41, 5.74) is 11.8. The van der Waals surface area contributed by atoms with Gasteiger partial charge in [0.05, 0.1) is 12.2 Å². The van der Waals surface area contributed by atoms with Crippen LogP contribution in [0.4, 0.5) is 0 Å². The minimum Gasteiger partial charge on any atom is -0.312 e. The Morgan fingerprint density at radius 1 is 1.07 bits per heavy atom. The number of aryl methyl sites for hydroxylation is 1. The lowest BCUT2D eigenvalue weighted by atomic mass is 9.93. The van der Waals surface area contributed by atoms with Gasteiger partial charge in [-0.05, 0) is 23.6 Å². The van der Waals surface area contributed by atoms with E-state index in [1.165, 1.54) is 22.3 Å². The fourth-order valence-corrected chi connectivity index (χ4v) is 3.67. The summed E-state index contributed by atoms with van der Waals surface area (Å²) in [6, 6.07) is 19.8. The van der Waals surface area contributed by atoms with Gasteiger partial charge < -0.3 is 5.32 Å². The highest BCUT2D eigenvalue weighted by Crippen LogP contribution is 2.27. The molecule has 1 aromatic heterocycles. The monoisotopic (exact) mass is 361 g/mol. The highest BCUT2D eigenvalue weighted by Gasteiger charge is 2.27. The molecule has 1 fully saturated rings. The van der Waals surface area contributed by atoms with Gasteiger partial charge in [0, 0.05) is 43.9 Å². The number of nitrogens with one attached hydrogen (secondary N) is 3. The van der Waals surface area contributed by atoms with Crippen molar-refractivity contribution >= 4 is 0 Å². The van der Waals surface area contributed by atoms with Crippen molar-refractivity contribution in [3.05, 3.63) is 78.1 Å². The molecule has 0 aliphatic carbocycles. The number of nitrogens with zero attached hydrogens (tertiary/aromatic N) is 2. The molecule has 0 radical (unpaired) electrons. The third-order valence-corrected chi connectivity index (χ3v) is 5.22. The van der Waals surface area contributed by atoms with E-state index in [9.17, 15) is 0 Å². The Morgan fingerprint density at radius 2 is 1.85 bits per heavy atom. The summed E-state index contributed by atoms with van der Waals surface area (Å²) in [7, 11) is 0. The molecule has 1 aliphatic heterocycles. The largest absolute Gasteiger partial charge is 0.312 e. The first kappa shape index (κ1) is 17.9. The zero-order valence-corrected chi connectivity index (χ0v) is 15.7. The molecule has 2 heterocycles. The summed E-state index contributed by atoms with van der Waals surface area (Å²) >= 11 is 0. The fraction of sp³-hybridized carbons (Fsp3) is 0.318. The summed E-state index contributed by atoms with van der Waals surface area (Å²) in [5, 5.41) is 7.92. The lowest BCUT2D eigenvalue weighted by molar-refractivity contribution is 0.441. The summed E-state index contributed by atoms with van der Waals surface area (Å²) < 4.78 is 1.97. The number of benzene rings is 2. The molecule has 2 atom stereocenters. The molecule has 3 aromatic rings. The van der Waals surface area contributed by atoms with Gasteiger partial charge in [0.2, 0.25) is 0 Å². The van der Waals surface area contributed by atoms with Crippen LogP contribution in [-0.4, -0.2) is 22.9 Å². The minimum atomic E-state index is 0.320. The average Bonchev–Trinajstić information content (AvgIpc) is 3.38. The van der Waals surface area contributed by atoms with Crippen molar-refractivity contribution in [3.8, 4) is 11.1 Å². The van der Waals surface area contributed by atoms with Crippen molar-refractivity contribution < 1.29 is 0 Å². The molecule has 0 amide bonds. The van der Waals surface area contributed by atoms with Crippen LogP contribution in [0, 0.1) is 5.92 Å². The van der Waals surface area contributed by atoms with E-state index in [0.29, 0.717) is 12.0 Å². The molecule has 27 heavy (non-hydrogen) atoms. The van der Waals surface area contributed by atoms with Crippen molar-refractivity contribution in [2.45, 2.75) is 26.1 Å². The molecule has 1 aliphatic rings. The first-order valence-corrected chi connectivity index (χ1v) is 9.69. The molecular weight excluding hydrogens is 334 g/mol. The number of rotatable bonds is 7. The van der Waals surface area contributed by atoms with Crippen molar-refractivity contribution in [3.63, 3.8) is 0 Å². The molecule has 2 aromatic carbocycles. The molecule has 1 saturated heterocycles. The SMILES string of the molecule is CCn1cc(CNCC2CNNC2c2ccc(-c3ccccc3)cc2)cn1. The molecule has 3 N–H and O–H groups in total. The first-order valence-electron chi connectivity index (χ1n) is 9.69. The van der Waals surface area contributed by atoms with E-state index < -0.39 is 0 Å². The van der Waals surface area contributed by atoms with Crippen LogP contribution in [0.5, 0.6) is 0 Å². The van der Waals surface area contributed by atoms with Crippen LogP contribution in [0.25, 0.3) is 11.1 Å². The molecule has 0 spiro atoms. The van der Waals surface area contributed by atoms with Gasteiger partial charge in [0.15, 0.2) is 0 Å². The van der Waals surface area contributed by atoms with E-state index in [0.717, 1.165) is 26.2 Å². The van der Waals surface area contributed by atoms with Gasteiger partial charge >= 0.3 is 0 Å². The Balaban J connectivity index is 1.36. The molecule has 0 bridgehead atoms. The quantitative estimate of drug-likeness (QED) is 0.605. The second-order valence-electron chi connectivity index (χ2n) is 7.09. The lowest BCUT2D eigenvalue weighted by Crippen LogP contribution is -2.28. The van der Waals surface area contributed by atoms with Crippen LogP contribution in [0.3, 0.4) is 0 Å². The maximum Gasteiger partial charge on any atom is 0.0534 e. The third-order valence-electron chi connectivity index (χ3n) is 5.22. The normalized spacial score (nSPS) is 19.4. The predicted octanol–water partition coefficient (Wildman–Crippen LogP) is 3.12. The van der Waals surface area contributed by atoms with E-state index in [2.05, 4.69) is 89.0 Å². The Morgan fingerprint density at radius 3 is 2.59 bits per heavy atom. The van der Waals surface area contributed by atoms with Gasteiger partial charge in [-0.2, -0.15) is 5.10 Å². The van der Waals surface area contributed by atoms with Crippen LogP contribution >= 0.6 is 0 Å². The van der Waals surface area contributed by atoms with Crippen LogP contribution < -0.4 is 16.2 Å². The first-order chi connectivity index (χ1) is 13.3. The van der Waals surface area contributed by atoms with Gasteiger partial charge in [-0.15, -0.1) is 0 Å². The molecular formula is C22H27N5. The topological polar surface area (TPSA) is 53.9 Å². The van der Waals surface area contributed by atoms with Crippen LogP contribution in [-0.2, 0) is 13.1 Å². The maximum absolute atomic E-state index is 4.33. The number of aromatic nitrogens is 2. The highest BCUT2D eigenvalue weighted by molar-refractivity contribution is 5.63. The van der Waals surface area contributed by atoms with Crippen molar-refractivity contribution in [2.75, 3.05) is 13.1 Å². The van der Waals surface area contributed by atoms with E-state index in [-0.39, 0.29) is 0 Å². The third kappa shape index (κ3) is 4.27. The van der Waals surface area contributed by atoms with Gasteiger partial charge in [-0.3, -0.25) is 10.1 Å². The van der Waals surface area contributed by atoms with E-state index in [1.807, 2.05) is 10.9 Å². The van der Waals surface area contributed by atoms with Crippen LogP contribution in [0.1, 0.15) is 24.1 Å². The molecule has 0 saturated carbocycles. The standard InChI is InChI=1S/C22H27N5/c1-2-27-16-17(13-25-27)12-23-14-21-15-24-26-22(21)20-10-8-19(9-11-20)18-6-4-3-5-7-18/h3-11,13,16,21-24,26H,2,12,14-15H2,1H3. The van der Waals surface area contributed by atoms with E-state index >= 15 is 0 Å². The van der Waals surface area contributed by atoms with E-state index in [1.54, 1.807) is 0 Å². The zero-order chi connectivity index (χ0) is 18.5. The minimum absolute atomic E-state index is 0.320. The van der Waals surface area contributed by atoms with Gasteiger partial charge in [0.25, 0.3) is 0 Å². The van der Waals surface area contributed by atoms with Crippen molar-refractivity contribution in [2.24, 2.45) is 5.92 Å². The molecule has 5 nitrogen and oxygen atoms in total. The number of hydrogen-bond donors (Lipinski definition) is 3. The van der Waals surface area contributed by atoms with Gasteiger partial charge in [0.1, 0.15) is 0 Å². The number of hydrogen-bond acceptors (Lipinski definition) is 4. The maximum atomic E-state index is 4.33. The zero-order valence-electron chi connectivity index (χ0n) is 15.7. The second kappa shape index (κ2) is 8.48. The van der Waals surface area contributed by atoms with Crippen molar-refractivity contribution in [1.29, 1.82) is 0 Å². The Kier molecular flexibility index (Phi) is 5.63. The van der Waals surface area contributed by atoms with Gasteiger partial charge in [-0.1, -0.05) is 54.6 Å². The number of hydrazine groups is 1. The molecule has 5 heteroatoms. The Labute approximate surface area is 160 Å². The molecule has 140 valence electrons. The lowest BCUT2D eigenvalue weighted by Gasteiger charge is -2.19. The second-order valence-corrected chi connectivity index (χ2v) is 7.09. The molecule has 2 unspecified atom stereocenters. The van der Waals surface area contributed by atoms with Crippen LogP contribution in [0.2, 0.25) is 0 Å². The predicted molar refractivity (Wildman–Crippen MR) is 109 cm³/mol. The fourth-order valence-electron chi connectivity index (χ4n) is 3.67. The summed E-state index contributed by atoms with van der Waals surface area (Å²) in [6.45, 7) is 5.80. The Bertz CT molecular complexity index is 841. The molecule has 4 rings (SSSR count). The Hall–Kier alpha value is -2.47. The van der Waals surface area contributed by atoms with E-state index in [4.69, 9.17) is 0 Å². The summed E-state index contributed by atoms with van der Waals surface area (Å²) in [4.78, 5) is 0. The smallest absolute Gasteiger partial charge is 0.0534 e. The van der Waals surface area contributed by atoms with Crippen LogP contribution in [0.15, 0.2) is 67.0 Å². The van der Waals surface area contributed by atoms with Crippen molar-refractivity contribution in [1.82, 2.24) is 25.9 Å². The summed E-state index contributed by atoms with van der Waals surface area (Å²) in [5.74, 6) is 0.508. The summed E-state index contributed by atoms with van der Waals surface area (Å²) in [6.07, 6.45) is 4.05. The average molecular weight is 361 g/mol.